The van der Waals surface area contributed by atoms with E-state index in [-0.39, 0.29) is 0 Å². The molecule has 2 rings (SSSR count). The van der Waals surface area contributed by atoms with E-state index in [0.29, 0.717) is 6.04 Å². The van der Waals surface area contributed by atoms with Gasteiger partial charge in [-0.3, -0.25) is 0 Å². The summed E-state index contributed by atoms with van der Waals surface area (Å²) in [6.07, 6.45) is 0. The maximum Gasteiger partial charge on any atom is 0.133 e. The van der Waals surface area contributed by atoms with E-state index < -0.39 is 0 Å². The standard InChI is InChI=1S/C17H25N3/c1-5-20(6-2)17-15(12-18-13(3)4)11-14-9-7-8-10-16(14)19-17/h7-11,13,18H,5-6,12H2,1-4H3. The van der Waals surface area contributed by atoms with E-state index in [1.165, 1.54) is 10.9 Å². The van der Waals surface area contributed by atoms with E-state index in [1.807, 2.05) is 6.07 Å². The van der Waals surface area contributed by atoms with Gasteiger partial charge in [0.2, 0.25) is 0 Å². The van der Waals surface area contributed by atoms with Gasteiger partial charge in [-0.2, -0.15) is 0 Å². The fourth-order valence-corrected chi connectivity index (χ4v) is 2.39. The number of rotatable bonds is 6. The van der Waals surface area contributed by atoms with Crippen molar-refractivity contribution in [2.75, 3.05) is 18.0 Å². The highest BCUT2D eigenvalue weighted by atomic mass is 15.2. The number of hydrogen-bond donors (Lipinski definition) is 1. The van der Waals surface area contributed by atoms with Gasteiger partial charge in [-0.15, -0.1) is 0 Å². The summed E-state index contributed by atoms with van der Waals surface area (Å²) >= 11 is 0. The second-order valence-corrected chi connectivity index (χ2v) is 5.37. The highest BCUT2D eigenvalue weighted by Gasteiger charge is 2.12. The number of hydrogen-bond acceptors (Lipinski definition) is 3. The third-order valence-corrected chi connectivity index (χ3v) is 3.54. The van der Waals surface area contributed by atoms with Crippen molar-refractivity contribution in [3.8, 4) is 0 Å². The minimum Gasteiger partial charge on any atom is -0.357 e. The number of pyridine rings is 1. The van der Waals surface area contributed by atoms with Crippen LogP contribution in [0.15, 0.2) is 30.3 Å². The molecule has 0 bridgehead atoms. The van der Waals surface area contributed by atoms with Crippen LogP contribution in [0.1, 0.15) is 33.3 Å². The number of para-hydroxylation sites is 1. The molecule has 1 aromatic heterocycles. The average Bonchev–Trinajstić information content (AvgIpc) is 2.46. The Balaban J connectivity index is 2.46. The second kappa shape index (κ2) is 6.71. The average molecular weight is 271 g/mol. The Morgan fingerprint density at radius 1 is 1.15 bits per heavy atom. The van der Waals surface area contributed by atoms with Gasteiger partial charge in [-0.05, 0) is 26.0 Å². The number of anilines is 1. The maximum absolute atomic E-state index is 4.88. The molecule has 108 valence electrons. The molecule has 1 heterocycles. The predicted octanol–water partition coefficient (Wildman–Crippen LogP) is 3.58. The number of benzene rings is 1. The SMILES string of the molecule is CCN(CC)c1nc2ccccc2cc1CNC(C)C. The van der Waals surface area contributed by atoms with E-state index in [0.717, 1.165) is 31.0 Å². The van der Waals surface area contributed by atoms with Crippen molar-refractivity contribution in [1.29, 1.82) is 0 Å². The molecular weight excluding hydrogens is 246 g/mol. The topological polar surface area (TPSA) is 28.2 Å². The third-order valence-electron chi connectivity index (χ3n) is 3.54. The molecule has 3 nitrogen and oxygen atoms in total. The van der Waals surface area contributed by atoms with Crippen LogP contribution in [0.25, 0.3) is 10.9 Å². The summed E-state index contributed by atoms with van der Waals surface area (Å²) in [5.74, 6) is 1.11. The third kappa shape index (κ3) is 3.28. The molecular formula is C17H25N3. The van der Waals surface area contributed by atoms with Crippen LogP contribution in [-0.4, -0.2) is 24.1 Å². The van der Waals surface area contributed by atoms with Gasteiger partial charge >= 0.3 is 0 Å². The molecule has 0 fully saturated rings. The number of fused-ring (bicyclic) bond motifs is 1. The van der Waals surface area contributed by atoms with E-state index in [9.17, 15) is 0 Å². The lowest BCUT2D eigenvalue weighted by atomic mass is 10.1. The van der Waals surface area contributed by atoms with Crippen LogP contribution in [-0.2, 0) is 6.54 Å². The molecule has 1 N–H and O–H groups in total. The lowest BCUT2D eigenvalue weighted by molar-refractivity contribution is 0.587. The highest BCUT2D eigenvalue weighted by Crippen LogP contribution is 2.23. The number of nitrogens with one attached hydrogen (secondary N) is 1. The summed E-state index contributed by atoms with van der Waals surface area (Å²) in [7, 11) is 0. The minimum absolute atomic E-state index is 0.478. The molecule has 0 aliphatic heterocycles. The minimum atomic E-state index is 0.478. The molecule has 3 heteroatoms. The summed E-state index contributed by atoms with van der Waals surface area (Å²) < 4.78 is 0. The fourth-order valence-electron chi connectivity index (χ4n) is 2.39. The monoisotopic (exact) mass is 271 g/mol. The smallest absolute Gasteiger partial charge is 0.133 e. The van der Waals surface area contributed by atoms with Gasteiger partial charge in [0.05, 0.1) is 5.52 Å². The van der Waals surface area contributed by atoms with E-state index in [1.54, 1.807) is 0 Å². The Bertz CT molecular complexity index is 559. The van der Waals surface area contributed by atoms with E-state index >= 15 is 0 Å². The van der Waals surface area contributed by atoms with Crippen molar-refractivity contribution >= 4 is 16.7 Å². The first kappa shape index (κ1) is 14.8. The van der Waals surface area contributed by atoms with Crippen molar-refractivity contribution in [2.45, 2.75) is 40.3 Å². The Kier molecular flexibility index (Phi) is 4.96. The zero-order chi connectivity index (χ0) is 14.5. The van der Waals surface area contributed by atoms with Crippen molar-refractivity contribution in [2.24, 2.45) is 0 Å². The molecule has 0 aliphatic rings. The molecule has 0 atom stereocenters. The van der Waals surface area contributed by atoms with E-state index in [2.05, 4.69) is 62.2 Å². The lowest BCUT2D eigenvalue weighted by Gasteiger charge is -2.24. The van der Waals surface area contributed by atoms with Crippen LogP contribution >= 0.6 is 0 Å². The van der Waals surface area contributed by atoms with Crippen molar-refractivity contribution in [3.63, 3.8) is 0 Å². The van der Waals surface area contributed by atoms with Gasteiger partial charge in [0.25, 0.3) is 0 Å². The molecule has 0 amide bonds. The molecule has 0 radical (unpaired) electrons. The van der Waals surface area contributed by atoms with Crippen molar-refractivity contribution in [1.82, 2.24) is 10.3 Å². The molecule has 20 heavy (non-hydrogen) atoms. The first-order valence-corrected chi connectivity index (χ1v) is 7.52. The number of aromatic nitrogens is 1. The zero-order valence-electron chi connectivity index (χ0n) is 13.0. The first-order valence-electron chi connectivity index (χ1n) is 7.52. The normalized spacial score (nSPS) is 11.2. The van der Waals surface area contributed by atoms with Crippen LogP contribution < -0.4 is 10.2 Å². The van der Waals surface area contributed by atoms with Crippen molar-refractivity contribution in [3.05, 3.63) is 35.9 Å². The van der Waals surface area contributed by atoms with Crippen LogP contribution in [0, 0.1) is 0 Å². The van der Waals surface area contributed by atoms with Gasteiger partial charge < -0.3 is 10.2 Å². The summed E-state index contributed by atoms with van der Waals surface area (Å²) in [4.78, 5) is 7.20. The Hall–Kier alpha value is -1.61. The first-order chi connectivity index (χ1) is 9.65. The summed E-state index contributed by atoms with van der Waals surface area (Å²) in [6, 6.07) is 11.1. The molecule has 0 saturated carbocycles. The second-order valence-electron chi connectivity index (χ2n) is 5.37. The van der Waals surface area contributed by atoms with Crippen LogP contribution in [0.3, 0.4) is 0 Å². The van der Waals surface area contributed by atoms with E-state index in [4.69, 9.17) is 4.98 Å². The summed E-state index contributed by atoms with van der Waals surface area (Å²) in [5.41, 5.74) is 2.35. The number of nitrogens with zero attached hydrogens (tertiary/aromatic N) is 2. The van der Waals surface area contributed by atoms with Gasteiger partial charge in [0, 0.05) is 36.6 Å². The Morgan fingerprint density at radius 2 is 1.85 bits per heavy atom. The molecule has 0 aliphatic carbocycles. The summed E-state index contributed by atoms with van der Waals surface area (Å²) in [5, 5.41) is 4.72. The zero-order valence-corrected chi connectivity index (χ0v) is 13.0. The molecule has 0 saturated heterocycles. The molecule has 0 spiro atoms. The van der Waals surface area contributed by atoms with Crippen LogP contribution in [0.2, 0.25) is 0 Å². The molecule has 0 unspecified atom stereocenters. The lowest BCUT2D eigenvalue weighted by Crippen LogP contribution is -2.27. The van der Waals surface area contributed by atoms with Gasteiger partial charge in [-0.25, -0.2) is 4.98 Å². The van der Waals surface area contributed by atoms with Crippen LogP contribution in [0.4, 0.5) is 5.82 Å². The predicted molar refractivity (Wildman–Crippen MR) is 87.3 cm³/mol. The largest absolute Gasteiger partial charge is 0.357 e. The van der Waals surface area contributed by atoms with Gasteiger partial charge in [0.15, 0.2) is 0 Å². The van der Waals surface area contributed by atoms with Gasteiger partial charge in [0.1, 0.15) is 5.82 Å². The fraction of sp³-hybridized carbons (Fsp3) is 0.471. The molecule has 1 aromatic carbocycles. The summed E-state index contributed by atoms with van der Waals surface area (Å²) in [6.45, 7) is 11.5. The van der Waals surface area contributed by atoms with Gasteiger partial charge in [-0.1, -0.05) is 32.0 Å². The van der Waals surface area contributed by atoms with Crippen molar-refractivity contribution < 1.29 is 0 Å². The van der Waals surface area contributed by atoms with Crippen LogP contribution in [0.5, 0.6) is 0 Å². The Morgan fingerprint density at radius 3 is 2.50 bits per heavy atom. The highest BCUT2D eigenvalue weighted by molar-refractivity contribution is 5.81. The molecule has 2 aromatic rings. The Labute approximate surface area is 122 Å². The maximum atomic E-state index is 4.88. The quantitative estimate of drug-likeness (QED) is 0.870.